The molecule has 0 aliphatic carbocycles. The van der Waals surface area contributed by atoms with E-state index in [9.17, 15) is 19.5 Å². The molecule has 0 aromatic heterocycles. The summed E-state index contributed by atoms with van der Waals surface area (Å²) in [7, 11) is 0. The summed E-state index contributed by atoms with van der Waals surface area (Å²) >= 11 is 3.35. The number of anilines is 1. The van der Waals surface area contributed by atoms with E-state index in [2.05, 4.69) is 47.3 Å². The molecule has 0 heterocycles. The number of carboxylic acids is 1. The second-order valence-corrected chi connectivity index (χ2v) is 11.8. The maximum atomic E-state index is 13.3. The largest absolute Gasteiger partial charge is 0.484 e. The van der Waals surface area contributed by atoms with Crippen molar-refractivity contribution in [2.45, 2.75) is 38.6 Å². The molecule has 0 fully saturated rings. The molecule has 0 saturated carbocycles. The second-order valence-electron chi connectivity index (χ2n) is 10.9. The van der Waals surface area contributed by atoms with Crippen LogP contribution in [0, 0.1) is 0 Å². The molecule has 2 amide bonds. The van der Waals surface area contributed by atoms with Gasteiger partial charge in [-0.2, -0.15) is 0 Å². The van der Waals surface area contributed by atoms with Gasteiger partial charge in [-0.25, -0.2) is 4.79 Å². The fourth-order valence-electron chi connectivity index (χ4n) is 4.34. The predicted molar refractivity (Wildman–Crippen MR) is 168 cm³/mol. The van der Waals surface area contributed by atoms with E-state index in [1.54, 1.807) is 12.1 Å². The van der Waals surface area contributed by atoms with Crippen molar-refractivity contribution in [2.75, 3.05) is 11.9 Å². The zero-order valence-electron chi connectivity index (χ0n) is 23.7. The molecule has 4 rings (SSSR count). The first kappa shape index (κ1) is 30.5. The number of amides is 2. The van der Waals surface area contributed by atoms with E-state index in [0.717, 1.165) is 22.3 Å². The SMILES string of the molecule is CC(C)(C)c1ccc(OCC(=O)Nc2ccc(Br)cc2C(=O)NC(Cc2ccc(-c3ccccc3)cc2)C(=O)O)cc1. The van der Waals surface area contributed by atoms with Crippen molar-refractivity contribution < 1.29 is 24.2 Å². The van der Waals surface area contributed by atoms with Crippen LogP contribution in [0.15, 0.2) is 102 Å². The van der Waals surface area contributed by atoms with Crippen LogP contribution in [0.4, 0.5) is 5.69 Å². The van der Waals surface area contributed by atoms with Crippen molar-refractivity contribution in [1.82, 2.24) is 5.32 Å². The quantitative estimate of drug-likeness (QED) is 0.178. The minimum absolute atomic E-state index is 0.00109. The van der Waals surface area contributed by atoms with Crippen LogP contribution in [0.2, 0.25) is 0 Å². The third-order valence-corrected chi connectivity index (χ3v) is 7.19. The van der Waals surface area contributed by atoms with E-state index in [0.29, 0.717) is 10.2 Å². The smallest absolute Gasteiger partial charge is 0.326 e. The van der Waals surface area contributed by atoms with Gasteiger partial charge in [-0.3, -0.25) is 9.59 Å². The number of carboxylic acid groups (broad SMARTS) is 1. The number of carbonyl (C=O) groups excluding carboxylic acids is 2. The average molecular weight is 630 g/mol. The maximum Gasteiger partial charge on any atom is 0.326 e. The molecule has 0 bridgehead atoms. The third-order valence-electron chi connectivity index (χ3n) is 6.69. The molecule has 216 valence electrons. The summed E-state index contributed by atoms with van der Waals surface area (Å²) in [5.74, 6) is -1.70. The lowest BCUT2D eigenvalue weighted by Gasteiger charge is -2.19. The first-order chi connectivity index (χ1) is 20.0. The molecule has 42 heavy (non-hydrogen) atoms. The Morgan fingerprint density at radius 3 is 2.12 bits per heavy atom. The van der Waals surface area contributed by atoms with Gasteiger partial charge in [-0.05, 0) is 58.0 Å². The lowest BCUT2D eigenvalue weighted by atomic mass is 9.87. The summed E-state index contributed by atoms with van der Waals surface area (Å²) in [6, 6.07) is 28.6. The molecule has 4 aromatic carbocycles. The Balaban J connectivity index is 1.41. The standard InChI is InChI=1S/C34H33BrN2O5/c1-34(2,3)25-13-16-27(17-14-25)42-21-31(38)36-29-18-15-26(35)20-28(29)32(39)37-30(33(40)41)19-22-9-11-24(12-10-22)23-7-5-4-6-8-23/h4-18,20,30H,19,21H2,1-3H3,(H,36,38)(H,37,39)(H,40,41). The zero-order chi connectivity index (χ0) is 30.3. The highest BCUT2D eigenvalue weighted by atomic mass is 79.9. The van der Waals surface area contributed by atoms with Crippen LogP contribution >= 0.6 is 15.9 Å². The first-order valence-corrected chi connectivity index (χ1v) is 14.3. The van der Waals surface area contributed by atoms with Crippen LogP contribution in [0.3, 0.4) is 0 Å². The molecule has 0 aliphatic rings. The van der Waals surface area contributed by atoms with Gasteiger partial charge in [0.15, 0.2) is 6.61 Å². The fraction of sp³-hybridized carbons (Fsp3) is 0.206. The Morgan fingerprint density at radius 2 is 1.50 bits per heavy atom. The Hall–Kier alpha value is -4.43. The highest BCUT2D eigenvalue weighted by Crippen LogP contribution is 2.25. The Labute approximate surface area is 254 Å². The molecule has 0 spiro atoms. The average Bonchev–Trinajstić information content (AvgIpc) is 2.97. The fourth-order valence-corrected chi connectivity index (χ4v) is 4.70. The Morgan fingerprint density at radius 1 is 0.857 bits per heavy atom. The Bertz CT molecular complexity index is 1550. The van der Waals surface area contributed by atoms with Gasteiger partial charge >= 0.3 is 5.97 Å². The van der Waals surface area contributed by atoms with Crippen LogP contribution in [0.5, 0.6) is 5.75 Å². The number of rotatable bonds is 10. The van der Waals surface area contributed by atoms with E-state index in [1.165, 1.54) is 6.07 Å². The summed E-state index contributed by atoms with van der Waals surface area (Å²) in [6.45, 7) is 6.08. The van der Waals surface area contributed by atoms with Gasteiger partial charge in [-0.15, -0.1) is 0 Å². The Kier molecular flexibility index (Phi) is 9.80. The normalized spacial score (nSPS) is 11.8. The topological polar surface area (TPSA) is 105 Å². The second kappa shape index (κ2) is 13.5. The minimum Gasteiger partial charge on any atom is -0.484 e. The summed E-state index contributed by atoms with van der Waals surface area (Å²) in [5, 5.41) is 15.2. The molecule has 1 atom stereocenters. The van der Waals surface area contributed by atoms with Crippen molar-refractivity contribution in [2.24, 2.45) is 0 Å². The number of ether oxygens (including phenoxy) is 1. The van der Waals surface area contributed by atoms with Gasteiger partial charge in [0.05, 0.1) is 11.3 Å². The number of nitrogens with one attached hydrogen (secondary N) is 2. The molecule has 4 aromatic rings. The number of hydrogen-bond acceptors (Lipinski definition) is 4. The van der Waals surface area contributed by atoms with E-state index < -0.39 is 23.8 Å². The van der Waals surface area contributed by atoms with Crippen LogP contribution in [0.1, 0.15) is 42.3 Å². The summed E-state index contributed by atoms with van der Waals surface area (Å²) < 4.78 is 6.23. The van der Waals surface area contributed by atoms with Gasteiger partial charge in [0.2, 0.25) is 0 Å². The number of carbonyl (C=O) groups is 3. The molecular weight excluding hydrogens is 596 g/mol. The molecule has 0 aliphatic heterocycles. The minimum atomic E-state index is -1.18. The number of hydrogen-bond donors (Lipinski definition) is 3. The molecule has 8 heteroatoms. The van der Waals surface area contributed by atoms with Gasteiger partial charge in [0, 0.05) is 10.9 Å². The molecule has 0 saturated heterocycles. The molecule has 3 N–H and O–H groups in total. The van der Waals surface area contributed by atoms with Gasteiger partial charge in [0.1, 0.15) is 11.8 Å². The monoisotopic (exact) mass is 628 g/mol. The number of aliphatic carboxylic acids is 1. The van der Waals surface area contributed by atoms with E-state index in [4.69, 9.17) is 4.74 Å². The van der Waals surface area contributed by atoms with Crippen molar-refractivity contribution >= 4 is 39.4 Å². The highest BCUT2D eigenvalue weighted by Gasteiger charge is 2.23. The summed E-state index contributed by atoms with van der Waals surface area (Å²) in [5.41, 5.74) is 4.34. The highest BCUT2D eigenvalue weighted by molar-refractivity contribution is 9.10. The predicted octanol–water partition coefficient (Wildman–Crippen LogP) is 6.86. The van der Waals surface area contributed by atoms with E-state index >= 15 is 0 Å². The summed E-state index contributed by atoms with van der Waals surface area (Å²) in [6.07, 6.45) is 0.0910. The van der Waals surface area contributed by atoms with Gasteiger partial charge < -0.3 is 20.5 Å². The first-order valence-electron chi connectivity index (χ1n) is 13.5. The van der Waals surface area contributed by atoms with Crippen molar-refractivity contribution in [3.05, 3.63) is 118 Å². The van der Waals surface area contributed by atoms with Crippen molar-refractivity contribution in [3.63, 3.8) is 0 Å². The number of halogens is 1. The molecular formula is C34H33BrN2O5. The van der Waals surface area contributed by atoms with Crippen molar-refractivity contribution in [1.29, 1.82) is 0 Å². The van der Waals surface area contributed by atoms with Gasteiger partial charge in [-0.1, -0.05) is 103 Å². The summed E-state index contributed by atoms with van der Waals surface area (Å²) in [4.78, 5) is 38.0. The molecule has 7 nitrogen and oxygen atoms in total. The lowest BCUT2D eigenvalue weighted by Crippen LogP contribution is -2.42. The van der Waals surface area contributed by atoms with Crippen LogP contribution in [-0.2, 0) is 21.4 Å². The van der Waals surface area contributed by atoms with Gasteiger partial charge in [0.25, 0.3) is 11.8 Å². The molecule has 1 unspecified atom stereocenters. The zero-order valence-corrected chi connectivity index (χ0v) is 25.3. The third kappa shape index (κ3) is 8.30. The van der Waals surface area contributed by atoms with E-state index in [-0.39, 0.29) is 29.7 Å². The van der Waals surface area contributed by atoms with E-state index in [1.807, 2.05) is 78.9 Å². The van der Waals surface area contributed by atoms with Crippen LogP contribution < -0.4 is 15.4 Å². The number of benzene rings is 4. The van der Waals surface area contributed by atoms with Crippen LogP contribution in [-0.4, -0.2) is 35.5 Å². The van der Waals surface area contributed by atoms with Crippen molar-refractivity contribution in [3.8, 4) is 16.9 Å². The lowest BCUT2D eigenvalue weighted by molar-refractivity contribution is -0.139. The maximum absolute atomic E-state index is 13.3. The molecule has 0 radical (unpaired) electrons. The van der Waals surface area contributed by atoms with Crippen LogP contribution in [0.25, 0.3) is 11.1 Å².